The van der Waals surface area contributed by atoms with Crippen molar-refractivity contribution < 1.29 is 9.32 Å². The summed E-state index contributed by atoms with van der Waals surface area (Å²) in [6.45, 7) is 10.8. The molecule has 122 valence electrons. The summed E-state index contributed by atoms with van der Waals surface area (Å²) in [6.07, 6.45) is 0.416. The predicted octanol–water partition coefficient (Wildman–Crippen LogP) is 3.50. The van der Waals surface area contributed by atoms with E-state index in [9.17, 15) is 4.79 Å². The van der Waals surface area contributed by atoms with E-state index in [1.54, 1.807) is 0 Å². The highest BCUT2D eigenvalue weighted by atomic mass is 16.5. The molecule has 0 aliphatic carbocycles. The molecule has 0 radical (unpaired) electrons. The van der Waals surface area contributed by atoms with Crippen LogP contribution in [-0.4, -0.2) is 22.6 Å². The predicted molar refractivity (Wildman–Crippen MR) is 88.6 cm³/mol. The lowest BCUT2D eigenvalue weighted by atomic mass is 9.96. The van der Waals surface area contributed by atoms with Gasteiger partial charge in [-0.2, -0.15) is 4.98 Å². The van der Waals surface area contributed by atoms with Gasteiger partial charge < -0.3 is 9.42 Å². The third-order valence-electron chi connectivity index (χ3n) is 4.45. The summed E-state index contributed by atoms with van der Waals surface area (Å²) in [6, 6.07) is 6.05. The van der Waals surface area contributed by atoms with Gasteiger partial charge in [-0.25, -0.2) is 0 Å². The van der Waals surface area contributed by atoms with Crippen molar-refractivity contribution >= 4 is 11.6 Å². The Bertz CT molecular complexity index is 743. The normalized spacial score (nSPS) is 18.7. The second-order valence-electron chi connectivity index (χ2n) is 7.33. The minimum atomic E-state index is -0.156. The van der Waals surface area contributed by atoms with Gasteiger partial charge in [0.2, 0.25) is 11.8 Å². The smallest absolute Gasteiger partial charge is 0.232 e. The molecule has 1 saturated heterocycles. The molecule has 1 fully saturated rings. The zero-order valence-electron chi connectivity index (χ0n) is 14.4. The molecule has 5 nitrogen and oxygen atoms in total. The monoisotopic (exact) mass is 313 g/mol. The number of benzene rings is 1. The highest BCUT2D eigenvalue weighted by Gasteiger charge is 2.36. The van der Waals surface area contributed by atoms with Crippen LogP contribution >= 0.6 is 0 Å². The molecule has 1 aromatic carbocycles. The second kappa shape index (κ2) is 5.48. The number of carbonyl (C=O) groups excluding carboxylic acids is 1. The van der Waals surface area contributed by atoms with Crippen molar-refractivity contribution in [1.29, 1.82) is 0 Å². The van der Waals surface area contributed by atoms with Gasteiger partial charge in [0.15, 0.2) is 5.82 Å². The van der Waals surface area contributed by atoms with Crippen molar-refractivity contribution in [2.45, 2.75) is 52.4 Å². The Morgan fingerprint density at radius 1 is 1.26 bits per heavy atom. The summed E-state index contributed by atoms with van der Waals surface area (Å²) in [5.74, 6) is 1.33. The fourth-order valence-corrected chi connectivity index (χ4v) is 2.84. The Hall–Kier alpha value is -2.17. The fourth-order valence-electron chi connectivity index (χ4n) is 2.84. The number of rotatable bonds is 2. The quantitative estimate of drug-likeness (QED) is 0.851. The molecule has 2 heterocycles. The number of hydrogen-bond donors (Lipinski definition) is 0. The van der Waals surface area contributed by atoms with Gasteiger partial charge in [0, 0.05) is 24.1 Å². The lowest BCUT2D eigenvalue weighted by Gasteiger charge is -2.19. The molecule has 1 amide bonds. The summed E-state index contributed by atoms with van der Waals surface area (Å²) in [4.78, 5) is 18.8. The van der Waals surface area contributed by atoms with E-state index in [1.165, 1.54) is 5.56 Å². The molecule has 5 heteroatoms. The van der Waals surface area contributed by atoms with Crippen LogP contribution in [0, 0.1) is 13.8 Å². The first-order chi connectivity index (χ1) is 10.8. The maximum absolute atomic E-state index is 12.5. The number of amides is 1. The Morgan fingerprint density at radius 2 is 2.00 bits per heavy atom. The van der Waals surface area contributed by atoms with Crippen molar-refractivity contribution in [1.82, 2.24) is 10.1 Å². The average Bonchev–Trinajstić information content (AvgIpc) is 3.08. The van der Waals surface area contributed by atoms with Crippen LogP contribution in [0.15, 0.2) is 22.7 Å². The molecule has 1 unspecified atom stereocenters. The van der Waals surface area contributed by atoms with E-state index >= 15 is 0 Å². The maximum Gasteiger partial charge on any atom is 0.232 e. The van der Waals surface area contributed by atoms with E-state index < -0.39 is 0 Å². The number of aromatic nitrogens is 2. The zero-order valence-corrected chi connectivity index (χ0v) is 14.4. The first-order valence-electron chi connectivity index (χ1n) is 7.98. The lowest BCUT2D eigenvalue weighted by molar-refractivity contribution is -0.117. The van der Waals surface area contributed by atoms with Crippen LogP contribution in [0.25, 0.3) is 0 Å². The van der Waals surface area contributed by atoms with E-state index in [4.69, 9.17) is 4.52 Å². The van der Waals surface area contributed by atoms with E-state index in [2.05, 4.69) is 30.1 Å². The molecule has 3 rings (SSSR count). The third-order valence-corrected chi connectivity index (χ3v) is 4.45. The Balaban J connectivity index is 1.85. The van der Waals surface area contributed by atoms with Crippen molar-refractivity contribution in [3.8, 4) is 0 Å². The highest BCUT2D eigenvalue weighted by molar-refractivity contribution is 5.97. The van der Waals surface area contributed by atoms with Crippen LogP contribution in [-0.2, 0) is 10.2 Å². The summed E-state index contributed by atoms with van der Waals surface area (Å²) in [5, 5.41) is 4.07. The summed E-state index contributed by atoms with van der Waals surface area (Å²) < 4.78 is 5.42. The first-order valence-corrected chi connectivity index (χ1v) is 7.98. The summed E-state index contributed by atoms with van der Waals surface area (Å²) in [5.41, 5.74) is 3.15. The number of hydrogen-bond acceptors (Lipinski definition) is 4. The molecule has 2 aromatic rings. The van der Waals surface area contributed by atoms with Gasteiger partial charge in [0.25, 0.3) is 0 Å². The average molecular weight is 313 g/mol. The molecular formula is C18H23N3O2. The van der Waals surface area contributed by atoms with Crippen molar-refractivity contribution in [2.24, 2.45) is 0 Å². The van der Waals surface area contributed by atoms with Crippen LogP contribution in [0.3, 0.4) is 0 Å². The molecule has 0 saturated carbocycles. The molecule has 1 aromatic heterocycles. The lowest BCUT2D eigenvalue weighted by Crippen LogP contribution is -2.25. The Labute approximate surface area is 136 Å². The fraction of sp³-hybridized carbons (Fsp3) is 0.500. The maximum atomic E-state index is 12.5. The van der Waals surface area contributed by atoms with Gasteiger partial charge in [-0.05, 0) is 31.0 Å². The van der Waals surface area contributed by atoms with Crippen LogP contribution in [0.4, 0.5) is 5.69 Å². The molecule has 1 aliphatic heterocycles. The van der Waals surface area contributed by atoms with E-state index in [0.717, 1.165) is 11.3 Å². The Morgan fingerprint density at radius 3 is 2.65 bits per heavy atom. The van der Waals surface area contributed by atoms with Crippen LogP contribution in [0.5, 0.6) is 0 Å². The zero-order chi connectivity index (χ0) is 16.8. The van der Waals surface area contributed by atoms with E-state index in [0.29, 0.717) is 24.7 Å². The summed E-state index contributed by atoms with van der Waals surface area (Å²) >= 11 is 0. The largest absolute Gasteiger partial charge is 0.339 e. The number of carbonyl (C=O) groups is 1. The number of anilines is 1. The van der Waals surface area contributed by atoms with Gasteiger partial charge in [-0.1, -0.05) is 38.1 Å². The van der Waals surface area contributed by atoms with Gasteiger partial charge in [-0.3, -0.25) is 4.79 Å². The number of nitrogens with zero attached hydrogens (tertiary/aromatic N) is 3. The number of aryl methyl sites for hydroxylation is 1. The Kier molecular flexibility index (Phi) is 3.74. The van der Waals surface area contributed by atoms with Crippen molar-refractivity contribution in [3.63, 3.8) is 0 Å². The molecule has 0 N–H and O–H groups in total. The van der Waals surface area contributed by atoms with Crippen LogP contribution in [0.1, 0.15) is 56.0 Å². The minimum absolute atomic E-state index is 0.0361. The molecule has 1 atom stereocenters. The third kappa shape index (κ3) is 2.87. The second-order valence-corrected chi connectivity index (χ2v) is 7.33. The van der Waals surface area contributed by atoms with E-state index in [1.807, 2.05) is 37.8 Å². The standard InChI is InChI=1S/C18H23N3O2/c1-11-7-6-8-14(12(11)2)21-10-13(9-15(21)22)16-19-17(20-23-16)18(3,4)5/h6-8,13H,9-10H2,1-5H3. The SMILES string of the molecule is Cc1cccc(N2CC(c3nc(C(C)(C)C)no3)CC2=O)c1C. The molecule has 0 spiro atoms. The molecule has 0 bridgehead atoms. The topological polar surface area (TPSA) is 59.2 Å². The highest BCUT2D eigenvalue weighted by Crippen LogP contribution is 2.34. The van der Waals surface area contributed by atoms with Gasteiger partial charge in [-0.15, -0.1) is 0 Å². The van der Waals surface area contributed by atoms with E-state index in [-0.39, 0.29) is 17.2 Å². The van der Waals surface area contributed by atoms with Crippen LogP contribution in [0.2, 0.25) is 0 Å². The van der Waals surface area contributed by atoms with Gasteiger partial charge in [0.1, 0.15) is 0 Å². The molecule has 1 aliphatic rings. The molecule has 23 heavy (non-hydrogen) atoms. The van der Waals surface area contributed by atoms with Gasteiger partial charge in [0.05, 0.1) is 5.92 Å². The molecular weight excluding hydrogens is 290 g/mol. The van der Waals surface area contributed by atoms with Crippen molar-refractivity contribution in [2.75, 3.05) is 11.4 Å². The van der Waals surface area contributed by atoms with Gasteiger partial charge >= 0.3 is 0 Å². The minimum Gasteiger partial charge on any atom is -0.339 e. The van der Waals surface area contributed by atoms with Crippen molar-refractivity contribution in [3.05, 3.63) is 41.0 Å². The van der Waals surface area contributed by atoms with Crippen LogP contribution < -0.4 is 4.90 Å². The first kappa shape index (κ1) is 15.7. The summed E-state index contributed by atoms with van der Waals surface area (Å²) in [7, 11) is 0.